The zero-order chi connectivity index (χ0) is 59.4. The van der Waals surface area contributed by atoms with E-state index >= 15 is 0 Å². The number of amides is 6. The minimum absolute atomic E-state index is 0.00488. The lowest BCUT2D eigenvalue weighted by Crippen LogP contribution is -2.36. The fourth-order valence-electron chi connectivity index (χ4n) is 10.1. The number of urea groups is 1. The number of aromatic nitrogens is 2. The van der Waals surface area contributed by atoms with Crippen LogP contribution in [0.25, 0.3) is 0 Å². The first-order valence-electron chi connectivity index (χ1n) is 29.0. The highest BCUT2D eigenvalue weighted by Crippen LogP contribution is 2.34. The van der Waals surface area contributed by atoms with Gasteiger partial charge in [0.05, 0.1) is 34.6 Å². The van der Waals surface area contributed by atoms with Crippen molar-refractivity contribution in [3.63, 3.8) is 0 Å². The lowest BCUT2D eigenvalue weighted by molar-refractivity contribution is -0.122. The molecule has 6 aromatic rings. The molecule has 8 rings (SSSR count). The second-order valence-corrected chi connectivity index (χ2v) is 22.9. The summed E-state index contributed by atoms with van der Waals surface area (Å²) < 4.78 is 22.8. The molecule has 83 heavy (non-hydrogen) atoms. The number of rotatable bonds is 28. The molecule has 8 N–H and O–H groups in total. The Labute approximate surface area is 492 Å². The highest BCUT2D eigenvalue weighted by atomic mass is 32.2. The summed E-state index contributed by atoms with van der Waals surface area (Å²) in [6.07, 6.45) is 9.03. The van der Waals surface area contributed by atoms with Gasteiger partial charge in [0.15, 0.2) is 0 Å². The monoisotopic (exact) mass is 1150 g/mol. The van der Waals surface area contributed by atoms with Crippen LogP contribution in [0.3, 0.4) is 0 Å². The molecule has 0 radical (unpaired) electrons. The first-order valence-corrected chi connectivity index (χ1v) is 30.1. The minimum Gasteiger partial charge on any atom is -0.488 e. The van der Waals surface area contributed by atoms with Crippen molar-refractivity contribution in [2.75, 3.05) is 36.0 Å². The van der Waals surface area contributed by atoms with E-state index in [4.69, 9.17) is 24.3 Å². The molecule has 2 fully saturated rings. The Kier molecular flexibility index (Phi) is 23.6. The van der Waals surface area contributed by atoms with Gasteiger partial charge in [-0.3, -0.25) is 19.2 Å². The molecule has 2 aliphatic rings. The molecule has 4 heterocycles. The molecular weight excluding hydrogens is 1070 g/mol. The molecule has 3 atom stereocenters. The van der Waals surface area contributed by atoms with Crippen molar-refractivity contribution < 1.29 is 42.5 Å². The lowest BCUT2D eigenvalue weighted by Gasteiger charge is -2.16. The lowest BCUT2D eigenvalue weighted by atomic mass is 10.0. The second-order valence-electron chi connectivity index (χ2n) is 21.6. The van der Waals surface area contributed by atoms with Crippen LogP contribution in [0.4, 0.5) is 16.2 Å². The number of anilines is 2. The second kappa shape index (κ2) is 31.1. The molecular formula is C64H83N9O9S. The average molecular weight is 1150 g/mol. The van der Waals surface area contributed by atoms with Crippen molar-refractivity contribution >= 4 is 52.8 Å². The summed E-state index contributed by atoms with van der Waals surface area (Å²) in [5.41, 5.74) is 18.0. The smallest absolute Gasteiger partial charge is 0.315 e. The van der Waals surface area contributed by atoms with Gasteiger partial charge in [-0.05, 0) is 195 Å². The van der Waals surface area contributed by atoms with Gasteiger partial charge in [0, 0.05) is 59.4 Å². The molecule has 2 aliphatic heterocycles. The number of nitrogens with one attached hydrogen (secondary N) is 6. The summed E-state index contributed by atoms with van der Waals surface area (Å²) in [7, 11) is 0. The number of ether oxygens (including phenoxy) is 2. The first-order chi connectivity index (χ1) is 40.0. The number of hydrogen-bond donors (Lipinski definition) is 7. The number of carbonyl (C=O) groups excluding carboxylic acids is 5. The van der Waals surface area contributed by atoms with Gasteiger partial charge in [0.1, 0.15) is 36.2 Å². The molecule has 2 aromatic heterocycles. The average Bonchev–Trinajstić information content (AvgIpc) is 4.33. The normalized spacial score (nSPS) is 15.1. The summed E-state index contributed by atoms with van der Waals surface area (Å²) in [6, 6.07) is 23.1. The topological polar surface area (TPSA) is 254 Å². The van der Waals surface area contributed by atoms with Crippen LogP contribution in [-0.2, 0) is 35.6 Å². The molecule has 2 saturated heterocycles. The van der Waals surface area contributed by atoms with E-state index in [0.29, 0.717) is 86.4 Å². The van der Waals surface area contributed by atoms with E-state index in [-0.39, 0.29) is 41.7 Å². The Morgan fingerprint density at radius 3 is 1.64 bits per heavy atom. The van der Waals surface area contributed by atoms with Crippen LogP contribution < -0.4 is 47.1 Å². The van der Waals surface area contributed by atoms with Crippen molar-refractivity contribution in [3.8, 4) is 11.5 Å². The number of fused-ring (bicyclic) bond motifs is 1. The van der Waals surface area contributed by atoms with E-state index < -0.39 is 0 Å². The summed E-state index contributed by atoms with van der Waals surface area (Å²) in [5, 5.41) is 26.5. The summed E-state index contributed by atoms with van der Waals surface area (Å²) in [5.74, 6) is 3.56. The van der Waals surface area contributed by atoms with E-state index in [1.165, 1.54) is 0 Å². The first kappa shape index (κ1) is 63.0. The summed E-state index contributed by atoms with van der Waals surface area (Å²) in [4.78, 5) is 62.5. The third-order valence-corrected chi connectivity index (χ3v) is 17.0. The Bertz CT molecular complexity index is 3150. The number of benzene rings is 4. The van der Waals surface area contributed by atoms with Crippen molar-refractivity contribution in [1.29, 1.82) is 0 Å². The maximum Gasteiger partial charge on any atom is 0.315 e. The molecule has 0 saturated carbocycles. The Hall–Kier alpha value is -7.64. The number of aryl methyl sites for hydroxylation is 8. The van der Waals surface area contributed by atoms with Crippen molar-refractivity contribution in [1.82, 2.24) is 31.6 Å². The van der Waals surface area contributed by atoms with Gasteiger partial charge in [-0.15, -0.1) is 0 Å². The summed E-state index contributed by atoms with van der Waals surface area (Å²) >= 11 is 1.90. The van der Waals surface area contributed by atoms with Crippen LogP contribution in [0.15, 0.2) is 81.8 Å². The van der Waals surface area contributed by atoms with Gasteiger partial charge in [-0.2, -0.15) is 11.8 Å². The fourth-order valence-corrected chi connectivity index (χ4v) is 11.6. The van der Waals surface area contributed by atoms with Crippen molar-refractivity contribution in [3.05, 3.63) is 151 Å². The number of hydrogen-bond acceptors (Lipinski definition) is 13. The number of nitrogens with zero attached hydrogens (tertiary/aromatic N) is 2. The number of carbonyl (C=O) groups is 5. The van der Waals surface area contributed by atoms with Gasteiger partial charge in [0.2, 0.25) is 11.8 Å². The zero-order valence-electron chi connectivity index (χ0n) is 49.4. The van der Waals surface area contributed by atoms with Gasteiger partial charge >= 0.3 is 6.03 Å². The van der Waals surface area contributed by atoms with Crippen LogP contribution in [0.1, 0.15) is 152 Å². The van der Waals surface area contributed by atoms with Crippen molar-refractivity contribution in [2.45, 2.75) is 163 Å². The highest BCUT2D eigenvalue weighted by molar-refractivity contribution is 8.00. The third-order valence-electron chi connectivity index (χ3n) is 15.5. The molecule has 0 unspecified atom stereocenters. The summed E-state index contributed by atoms with van der Waals surface area (Å²) in [6.45, 7) is 17.9. The largest absolute Gasteiger partial charge is 0.488 e. The predicted molar refractivity (Wildman–Crippen MR) is 325 cm³/mol. The SMILES string of the molecule is Cc1cccc(NC(=O)c2ccc(OCc3c(C)noc3C)c(CCCN)c2)c1C.Cc1cccc(NC(=O)c2ccc(OCc3c(C)noc3C)c(CCCNC(=O)CCCCCNC(=O)CCCC[C@H]3SC[C@H]4NC(=O)N[C@H]43)c2)c1C. The highest BCUT2D eigenvalue weighted by Gasteiger charge is 2.42. The Balaban J connectivity index is 0.000000279. The van der Waals surface area contributed by atoms with Gasteiger partial charge in [0.25, 0.3) is 11.8 Å². The molecule has 6 amide bonds. The Morgan fingerprint density at radius 2 is 1.13 bits per heavy atom. The quantitative estimate of drug-likeness (QED) is 0.0178. The Morgan fingerprint density at radius 1 is 0.627 bits per heavy atom. The maximum absolute atomic E-state index is 13.3. The standard InChI is InChI=1S/C40H54N6O6S.C24H29N3O3/c1-25-12-10-14-32(26(25)2)43-39(49)30-18-19-34(51-23-31-27(3)46-52-28(31)4)29(22-30)13-11-21-42-36(47)16-6-5-9-20-41-37(48)17-8-7-15-35-38-33(24-53-35)44-40(50)45-38;1-15-7-5-9-22(16(15)2)26-24(28)20-10-11-23(19(13-20)8-6-12-25)29-14-21-17(3)27-30-18(21)4/h10,12,14,18-19,22,33,35,38H,5-9,11,13,15-17,20-21,23-24H2,1-4H3,(H,41,48)(H,42,47)(H,43,49)(H2,44,45,50);5,7,9-11,13H,6,8,12,14,25H2,1-4H3,(H,26,28)/t33-,35-,38-;/m1./s1. The van der Waals surface area contributed by atoms with E-state index in [9.17, 15) is 24.0 Å². The van der Waals surface area contributed by atoms with Crippen LogP contribution in [0, 0.1) is 55.4 Å². The third kappa shape index (κ3) is 18.2. The van der Waals surface area contributed by atoms with Gasteiger partial charge < -0.3 is 56.2 Å². The van der Waals surface area contributed by atoms with Crippen LogP contribution >= 0.6 is 11.8 Å². The van der Waals surface area contributed by atoms with Crippen LogP contribution in [0.5, 0.6) is 11.5 Å². The maximum atomic E-state index is 13.3. The molecule has 18 nitrogen and oxygen atoms in total. The molecule has 0 bridgehead atoms. The predicted octanol–water partition coefficient (Wildman–Crippen LogP) is 10.8. The number of thioether (sulfide) groups is 1. The molecule has 0 aliphatic carbocycles. The van der Waals surface area contributed by atoms with Crippen LogP contribution in [-0.4, -0.2) is 82.7 Å². The molecule has 0 spiro atoms. The van der Waals surface area contributed by atoms with Gasteiger partial charge in [-0.1, -0.05) is 47.4 Å². The zero-order valence-corrected chi connectivity index (χ0v) is 50.3. The van der Waals surface area contributed by atoms with Crippen LogP contribution in [0.2, 0.25) is 0 Å². The van der Waals surface area contributed by atoms with E-state index in [0.717, 1.165) is 136 Å². The van der Waals surface area contributed by atoms with Crippen molar-refractivity contribution in [2.24, 2.45) is 5.73 Å². The fraction of sp³-hybridized carbons (Fsp3) is 0.453. The van der Waals surface area contributed by atoms with Gasteiger partial charge in [-0.25, -0.2) is 4.79 Å². The van der Waals surface area contributed by atoms with E-state index in [1.54, 1.807) is 12.1 Å². The van der Waals surface area contributed by atoms with E-state index in [1.807, 2.05) is 128 Å². The number of unbranched alkanes of at least 4 members (excludes halogenated alkanes) is 3. The molecule has 4 aromatic carbocycles. The molecule has 444 valence electrons. The minimum atomic E-state index is -0.197. The number of nitrogens with two attached hydrogens (primary N) is 1. The molecule has 19 heteroatoms. The van der Waals surface area contributed by atoms with E-state index in [2.05, 4.69) is 42.2 Å².